The molecule has 16 heavy (non-hydrogen) atoms. The molecule has 0 heterocycles. The van der Waals surface area contributed by atoms with E-state index in [4.69, 9.17) is 0 Å². The molecule has 0 aliphatic heterocycles. The molecular formula is C13H18O2S. The first-order valence-electron chi connectivity index (χ1n) is 5.48. The van der Waals surface area contributed by atoms with Crippen molar-refractivity contribution in [2.45, 2.75) is 26.2 Å². The second-order valence-electron chi connectivity index (χ2n) is 3.98. The van der Waals surface area contributed by atoms with Crippen molar-refractivity contribution < 1.29 is 8.42 Å². The van der Waals surface area contributed by atoms with Crippen molar-refractivity contribution in [1.82, 2.24) is 0 Å². The van der Waals surface area contributed by atoms with Crippen LogP contribution in [0.1, 0.15) is 30.9 Å². The molecule has 88 valence electrons. The van der Waals surface area contributed by atoms with Crippen molar-refractivity contribution in [1.29, 1.82) is 0 Å². The van der Waals surface area contributed by atoms with E-state index in [1.165, 1.54) is 30.1 Å². The van der Waals surface area contributed by atoms with Gasteiger partial charge in [0.15, 0.2) is 9.84 Å². The van der Waals surface area contributed by atoms with Crippen molar-refractivity contribution >= 4 is 15.9 Å². The molecule has 0 N–H and O–H groups in total. The van der Waals surface area contributed by atoms with Crippen LogP contribution in [0.3, 0.4) is 0 Å². The van der Waals surface area contributed by atoms with Gasteiger partial charge in [-0.2, -0.15) is 0 Å². The van der Waals surface area contributed by atoms with E-state index in [0.717, 1.165) is 12.0 Å². The fourth-order valence-electron chi connectivity index (χ4n) is 1.38. The van der Waals surface area contributed by atoms with Gasteiger partial charge in [-0.3, -0.25) is 0 Å². The Kier molecular flexibility index (Phi) is 4.74. The molecule has 0 aromatic heterocycles. The molecule has 0 atom stereocenters. The Balaban J connectivity index is 2.68. The Hall–Kier alpha value is -1.09. The van der Waals surface area contributed by atoms with Gasteiger partial charge in [0.05, 0.1) is 0 Å². The maximum atomic E-state index is 10.9. The van der Waals surface area contributed by atoms with Gasteiger partial charge in [-0.15, -0.1) is 0 Å². The minimum atomic E-state index is -3.03. The molecule has 1 aromatic carbocycles. The SMILES string of the molecule is CCCCc1ccc(/C=C/S(C)(=O)=O)cc1. The van der Waals surface area contributed by atoms with Crippen molar-refractivity contribution in [3.63, 3.8) is 0 Å². The van der Waals surface area contributed by atoms with Crippen LogP contribution in [0, 0.1) is 0 Å². The number of benzene rings is 1. The summed E-state index contributed by atoms with van der Waals surface area (Å²) in [5.41, 5.74) is 2.23. The zero-order valence-corrected chi connectivity index (χ0v) is 10.6. The lowest BCUT2D eigenvalue weighted by Gasteiger charge is -2.00. The molecule has 0 aliphatic carbocycles. The van der Waals surface area contributed by atoms with E-state index in [1.807, 2.05) is 12.1 Å². The number of hydrogen-bond donors (Lipinski definition) is 0. The second-order valence-corrected chi connectivity index (χ2v) is 5.91. The quantitative estimate of drug-likeness (QED) is 0.790. The van der Waals surface area contributed by atoms with Gasteiger partial charge in [0.1, 0.15) is 0 Å². The minimum absolute atomic E-state index is 0.922. The van der Waals surface area contributed by atoms with E-state index in [9.17, 15) is 8.42 Å². The third-order valence-corrected chi connectivity index (χ3v) is 2.94. The average Bonchev–Trinajstić information content (AvgIpc) is 2.24. The standard InChI is InChI=1S/C13H18O2S/c1-3-4-5-12-6-8-13(9-7-12)10-11-16(2,14)15/h6-11H,3-5H2,1-2H3/b11-10+. The van der Waals surface area contributed by atoms with E-state index >= 15 is 0 Å². The third-order valence-electron chi connectivity index (χ3n) is 2.31. The van der Waals surface area contributed by atoms with Crippen molar-refractivity contribution in [2.75, 3.05) is 6.26 Å². The van der Waals surface area contributed by atoms with Crippen LogP contribution in [0.25, 0.3) is 6.08 Å². The summed E-state index contributed by atoms with van der Waals surface area (Å²) in [5, 5.41) is 1.23. The lowest BCUT2D eigenvalue weighted by molar-refractivity contribution is 0.610. The Bertz CT molecular complexity index is 441. The van der Waals surface area contributed by atoms with Crippen LogP contribution >= 0.6 is 0 Å². The van der Waals surface area contributed by atoms with E-state index in [-0.39, 0.29) is 0 Å². The second kappa shape index (κ2) is 5.85. The first-order valence-corrected chi connectivity index (χ1v) is 7.44. The van der Waals surface area contributed by atoms with Gasteiger partial charge in [0.25, 0.3) is 0 Å². The van der Waals surface area contributed by atoms with E-state index < -0.39 is 9.84 Å². The highest BCUT2D eigenvalue weighted by molar-refractivity contribution is 7.93. The van der Waals surface area contributed by atoms with E-state index in [2.05, 4.69) is 19.1 Å². The zero-order chi connectivity index (χ0) is 12.0. The maximum absolute atomic E-state index is 10.9. The van der Waals surface area contributed by atoms with Crippen LogP contribution < -0.4 is 0 Å². The van der Waals surface area contributed by atoms with Crippen molar-refractivity contribution in [3.05, 3.63) is 40.8 Å². The maximum Gasteiger partial charge on any atom is 0.168 e. The molecule has 1 aromatic rings. The number of hydrogen-bond acceptors (Lipinski definition) is 2. The molecule has 3 heteroatoms. The van der Waals surface area contributed by atoms with Gasteiger partial charge in [0, 0.05) is 11.7 Å². The third kappa shape index (κ3) is 5.12. The highest BCUT2D eigenvalue weighted by Crippen LogP contribution is 2.09. The van der Waals surface area contributed by atoms with E-state index in [1.54, 1.807) is 6.08 Å². The van der Waals surface area contributed by atoms with Gasteiger partial charge in [-0.25, -0.2) is 8.42 Å². The molecular weight excluding hydrogens is 220 g/mol. The van der Waals surface area contributed by atoms with Gasteiger partial charge in [-0.05, 0) is 30.0 Å². The highest BCUT2D eigenvalue weighted by Gasteiger charge is 1.95. The Morgan fingerprint density at radius 3 is 2.31 bits per heavy atom. The van der Waals surface area contributed by atoms with E-state index in [0.29, 0.717) is 0 Å². The fourth-order valence-corrected chi connectivity index (χ4v) is 1.78. The topological polar surface area (TPSA) is 34.1 Å². The normalized spacial score (nSPS) is 12.1. The van der Waals surface area contributed by atoms with Crippen LogP contribution in [-0.2, 0) is 16.3 Å². The van der Waals surface area contributed by atoms with Gasteiger partial charge >= 0.3 is 0 Å². The number of rotatable bonds is 5. The van der Waals surface area contributed by atoms with Crippen LogP contribution in [0.15, 0.2) is 29.7 Å². The molecule has 0 unspecified atom stereocenters. The lowest BCUT2D eigenvalue weighted by Crippen LogP contribution is -1.88. The van der Waals surface area contributed by atoms with Gasteiger partial charge in [-0.1, -0.05) is 37.6 Å². The Morgan fingerprint density at radius 2 is 1.81 bits per heavy atom. The molecule has 0 saturated heterocycles. The fraction of sp³-hybridized carbons (Fsp3) is 0.385. The first kappa shape index (κ1) is 13.0. The first-order chi connectivity index (χ1) is 7.51. The van der Waals surface area contributed by atoms with Crippen LogP contribution in [0.4, 0.5) is 0 Å². The molecule has 0 fully saturated rings. The molecule has 0 saturated carbocycles. The zero-order valence-electron chi connectivity index (χ0n) is 9.81. The summed E-state index contributed by atoms with van der Waals surface area (Å²) in [4.78, 5) is 0. The largest absolute Gasteiger partial charge is 0.225 e. The number of unbranched alkanes of at least 4 members (excludes halogenated alkanes) is 1. The molecule has 1 rings (SSSR count). The highest BCUT2D eigenvalue weighted by atomic mass is 32.2. The summed E-state index contributed by atoms with van der Waals surface area (Å²) in [6.07, 6.45) is 6.29. The summed E-state index contributed by atoms with van der Waals surface area (Å²) < 4.78 is 21.9. The Morgan fingerprint density at radius 1 is 1.19 bits per heavy atom. The minimum Gasteiger partial charge on any atom is -0.225 e. The van der Waals surface area contributed by atoms with Crippen LogP contribution in [0.2, 0.25) is 0 Å². The monoisotopic (exact) mass is 238 g/mol. The van der Waals surface area contributed by atoms with Crippen LogP contribution in [-0.4, -0.2) is 14.7 Å². The summed E-state index contributed by atoms with van der Waals surface area (Å²) in [5.74, 6) is 0. The van der Waals surface area contributed by atoms with Crippen LogP contribution in [0.5, 0.6) is 0 Å². The Labute approximate surface area is 97.9 Å². The summed E-state index contributed by atoms with van der Waals surface area (Å²) in [7, 11) is -3.03. The lowest BCUT2D eigenvalue weighted by atomic mass is 10.1. The summed E-state index contributed by atoms with van der Waals surface area (Å²) >= 11 is 0. The average molecular weight is 238 g/mol. The van der Waals surface area contributed by atoms with Crippen molar-refractivity contribution in [2.24, 2.45) is 0 Å². The van der Waals surface area contributed by atoms with Gasteiger partial charge < -0.3 is 0 Å². The van der Waals surface area contributed by atoms with Gasteiger partial charge in [0.2, 0.25) is 0 Å². The predicted molar refractivity (Wildman–Crippen MR) is 68.9 cm³/mol. The number of sulfone groups is 1. The smallest absolute Gasteiger partial charge is 0.168 e. The predicted octanol–water partition coefficient (Wildman–Crippen LogP) is 3.04. The van der Waals surface area contributed by atoms with Crippen molar-refractivity contribution in [3.8, 4) is 0 Å². The number of aryl methyl sites for hydroxylation is 1. The molecule has 0 aliphatic rings. The molecule has 0 radical (unpaired) electrons. The molecule has 0 amide bonds. The summed E-state index contributed by atoms with van der Waals surface area (Å²) in [6, 6.07) is 8.01. The molecule has 0 spiro atoms. The molecule has 2 nitrogen and oxygen atoms in total. The summed E-state index contributed by atoms with van der Waals surface area (Å²) in [6.45, 7) is 2.17. The molecule has 0 bridgehead atoms.